The lowest BCUT2D eigenvalue weighted by molar-refractivity contribution is -0.130. The summed E-state index contributed by atoms with van der Waals surface area (Å²) < 4.78 is 6.36. The van der Waals surface area contributed by atoms with Gasteiger partial charge in [0.25, 0.3) is 0 Å². The van der Waals surface area contributed by atoms with Crippen LogP contribution in [0, 0.1) is 3.57 Å². The fourth-order valence-corrected chi connectivity index (χ4v) is 4.04. The first-order valence-corrected chi connectivity index (χ1v) is 10.8. The number of hydrogen-bond donors (Lipinski definition) is 2. The third-order valence-electron chi connectivity index (χ3n) is 5.04. The molecule has 0 aromatic heterocycles. The first-order chi connectivity index (χ1) is 14.5. The molecule has 2 aromatic rings. The lowest BCUT2D eigenvalue weighted by Crippen LogP contribution is -2.53. The number of primary amides is 1. The van der Waals surface area contributed by atoms with Crippen LogP contribution in [0.25, 0.3) is 0 Å². The molecule has 8 heteroatoms. The molecule has 158 valence electrons. The molecule has 0 saturated carbocycles. The maximum Gasteiger partial charge on any atom is 0.410 e. The van der Waals surface area contributed by atoms with Crippen LogP contribution in [-0.4, -0.2) is 41.4 Å². The van der Waals surface area contributed by atoms with Crippen LogP contribution in [-0.2, 0) is 27.4 Å². The first kappa shape index (κ1) is 22.1. The quantitative estimate of drug-likeness (QED) is 0.547. The summed E-state index contributed by atoms with van der Waals surface area (Å²) in [5.41, 5.74) is 7.32. The number of hydrogen-bond acceptors (Lipinski definition) is 4. The van der Waals surface area contributed by atoms with E-state index in [1.807, 2.05) is 54.6 Å². The maximum atomic E-state index is 12.9. The van der Waals surface area contributed by atoms with E-state index in [9.17, 15) is 14.4 Å². The summed E-state index contributed by atoms with van der Waals surface area (Å²) >= 11 is 2.18. The number of carbonyl (C=O) groups is 3. The number of benzene rings is 2. The molecule has 3 N–H and O–H groups in total. The molecule has 1 heterocycles. The van der Waals surface area contributed by atoms with E-state index in [0.29, 0.717) is 25.8 Å². The fourth-order valence-electron chi connectivity index (χ4n) is 3.43. The van der Waals surface area contributed by atoms with Crippen molar-refractivity contribution >= 4 is 40.5 Å². The molecule has 7 nitrogen and oxygen atoms in total. The van der Waals surface area contributed by atoms with Gasteiger partial charge >= 0.3 is 6.09 Å². The summed E-state index contributed by atoms with van der Waals surface area (Å²) in [7, 11) is 0. The summed E-state index contributed by atoms with van der Waals surface area (Å²) in [6, 6.07) is 15.4. The van der Waals surface area contributed by atoms with E-state index < -0.39 is 24.1 Å². The van der Waals surface area contributed by atoms with Crippen molar-refractivity contribution in [3.05, 3.63) is 69.3 Å². The number of carbonyl (C=O) groups excluding carboxylic acids is 3. The Morgan fingerprint density at radius 2 is 1.83 bits per heavy atom. The van der Waals surface area contributed by atoms with E-state index in [0.717, 1.165) is 14.7 Å². The Bertz CT molecular complexity index is 906. The van der Waals surface area contributed by atoms with Gasteiger partial charge in [-0.15, -0.1) is 0 Å². The predicted octanol–water partition coefficient (Wildman–Crippen LogP) is 2.60. The Kier molecular flexibility index (Phi) is 7.67. The molecular weight excluding hydrogens is 497 g/mol. The number of rotatable bonds is 7. The zero-order valence-electron chi connectivity index (χ0n) is 16.4. The monoisotopic (exact) mass is 521 g/mol. The minimum absolute atomic E-state index is 0.140. The van der Waals surface area contributed by atoms with Crippen molar-refractivity contribution in [2.75, 3.05) is 6.54 Å². The molecule has 2 atom stereocenters. The highest BCUT2D eigenvalue weighted by atomic mass is 127. The zero-order valence-corrected chi connectivity index (χ0v) is 18.6. The lowest BCUT2D eigenvalue weighted by atomic mass is 10.0. The number of likely N-dealkylation sites (tertiary alicyclic amines) is 1. The average molecular weight is 521 g/mol. The third kappa shape index (κ3) is 5.71. The second-order valence-corrected chi connectivity index (χ2v) is 8.31. The highest BCUT2D eigenvalue weighted by Crippen LogP contribution is 2.20. The highest BCUT2D eigenvalue weighted by molar-refractivity contribution is 14.1. The molecule has 2 aromatic carbocycles. The summed E-state index contributed by atoms with van der Waals surface area (Å²) in [5.74, 6) is -1.00. The molecule has 0 bridgehead atoms. The Morgan fingerprint density at radius 3 is 2.53 bits per heavy atom. The molecule has 0 unspecified atom stereocenters. The maximum absolute atomic E-state index is 12.9. The lowest BCUT2D eigenvalue weighted by Gasteiger charge is -2.25. The van der Waals surface area contributed by atoms with Gasteiger partial charge < -0.3 is 15.8 Å². The Balaban J connectivity index is 1.61. The second-order valence-electron chi connectivity index (χ2n) is 7.15. The van der Waals surface area contributed by atoms with Crippen LogP contribution in [0.1, 0.15) is 24.0 Å². The Morgan fingerprint density at radius 1 is 1.13 bits per heavy atom. The summed E-state index contributed by atoms with van der Waals surface area (Å²) in [6.07, 6.45) is 0.965. The van der Waals surface area contributed by atoms with Gasteiger partial charge in [0.1, 0.15) is 18.7 Å². The standard InChI is InChI=1S/C22H24IN3O4/c23-17-10-5-4-9-16(17)13-18(20(24)27)25-21(28)19-11-6-12-26(19)22(29)30-14-15-7-2-1-3-8-15/h1-5,7-10,18-19H,6,11-14H2,(H2,24,27)(H,25,28)/t18-,19-/m1/s1. The van der Waals surface area contributed by atoms with E-state index in [1.54, 1.807) is 0 Å². The molecule has 3 rings (SSSR count). The normalized spacial score (nSPS) is 16.7. The molecule has 1 aliphatic rings. The SMILES string of the molecule is NC(=O)[C@@H](Cc1ccccc1I)NC(=O)[C@H]1CCCN1C(=O)OCc1ccccc1. The molecule has 30 heavy (non-hydrogen) atoms. The molecule has 1 saturated heterocycles. The molecule has 3 amide bonds. The fraction of sp³-hybridized carbons (Fsp3) is 0.318. The minimum atomic E-state index is -0.851. The van der Waals surface area contributed by atoms with E-state index in [4.69, 9.17) is 10.5 Å². The van der Waals surface area contributed by atoms with Crippen molar-refractivity contribution in [1.82, 2.24) is 10.2 Å². The molecule has 1 aliphatic heterocycles. The van der Waals surface area contributed by atoms with Crippen molar-refractivity contribution in [2.24, 2.45) is 5.73 Å². The average Bonchev–Trinajstić information content (AvgIpc) is 3.24. The van der Waals surface area contributed by atoms with Gasteiger partial charge in [0.15, 0.2) is 0 Å². The van der Waals surface area contributed by atoms with Crippen LogP contribution in [0.4, 0.5) is 4.79 Å². The smallest absolute Gasteiger partial charge is 0.410 e. The Labute approximate surface area is 189 Å². The van der Waals surface area contributed by atoms with Crippen molar-refractivity contribution in [1.29, 1.82) is 0 Å². The number of nitrogens with two attached hydrogens (primary N) is 1. The minimum Gasteiger partial charge on any atom is -0.445 e. The molecular formula is C22H24IN3O4. The van der Waals surface area contributed by atoms with Crippen molar-refractivity contribution in [3.8, 4) is 0 Å². The largest absolute Gasteiger partial charge is 0.445 e. The molecule has 1 fully saturated rings. The number of nitrogens with one attached hydrogen (secondary N) is 1. The summed E-state index contributed by atoms with van der Waals surface area (Å²) in [4.78, 5) is 38.7. The molecule has 0 aliphatic carbocycles. The highest BCUT2D eigenvalue weighted by Gasteiger charge is 2.36. The molecule has 0 spiro atoms. The first-order valence-electron chi connectivity index (χ1n) is 9.76. The molecule has 0 radical (unpaired) electrons. The number of nitrogens with zero attached hydrogens (tertiary/aromatic N) is 1. The third-order valence-corrected chi connectivity index (χ3v) is 6.09. The van der Waals surface area contributed by atoms with Gasteiger partial charge in [-0.2, -0.15) is 0 Å². The topological polar surface area (TPSA) is 102 Å². The van der Waals surface area contributed by atoms with Crippen molar-refractivity contribution < 1.29 is 19.1 Å². The van der Waals surface area contributed by atoms with Crippen molar-refractivity contribution in [2.45, 2.75) is 38.0 Å². The number of halogens is 1. The summed E-state index contributed by atoms with van der Waals surface area (Å²) in [6.45, 7) is 0.574. The van der Waals surface area contributed by atoms with Crippen LogP contribution < -0.4 is 11.1 Å². The van der Waals surface area contributed by atoms with Crippen LogP contribution in [0.5, 0.6) is 0 Å². The second kappa shape index (κ2) is 10.4. The van der Waals surface area contributed by atoms with E-state index >= 15 is 0 Å². The van der Waals surface area contributed by atoms with Crippen LogP contribution >= 0.6 is 22.6 Å². The van der Waals surface area contributed by atoms with E-state index in [2.05, 4.69) is 27.9 Å². The van der Waals surface area contributed by atoms with Gasteiger partial charge in [-0.1, -0.05) is 48.5 Å². The van der Waals surface area contributed by atoms with Crippen LogP contribution in [0.2, 0.25) is 0 Å². The summed E-state index contributed by atoms with van der Waals surface area (Å²) in [5, 5.41) is 2.73. The predicted molar refractivity (Wildman–Crippen MR) is 120 cm³/mol. The van der Waals surface area contributed by atoms with Crippen molar-refractivity contribution in [3.63, 3.8) is 0 Å². The van der Waals surface area contributed by atoms with Crippen LogP contribution in [0.3, 0.4) is 0 Å². The van der Waals surface area contributed by atoms with Gasteiger partial charge in [0.2, 0.25) is 11.8 Å². The van der Waals surface area contributed by atoms with E-state index in [1.165, 1.54) is 4.90 Å². The van der Waals surface area contributed by atoms with E-state index in [-0.39, 0.29) is 12.5 Å². The van der Waals surface area contributed by atoms with Crippen LogP contribution in [0.15, 0.2) is 54.6 Å². The van der Waals surface area contributed by atoms with Gasteiger partial charge in [0.05, 0.1) is 0 Å². The number of amides is 3. The van der Waals surface area contributed by atoms with Gasteiger partial charge in [-0.3, -0.25) is 14.5 Å². The van der Waals surface area contributed by atoms with Gasteiger partial charge in [-0.05, 0) is 52.6 Å². The van der Waals surface area contributed by atoms with Gasteiger partial charge in [-0.25, -0.2) is 4.79 Å². The Hall–Kier alpha value is -2.62. The van der Waals surface area contributed by atoms with Gasteiger partial charge in [0, 0.05) is 16.5 Å². The zero-order chi connectivity index (χ0) is 21.5. The number of ether oxygens (including phenoxy) is 1.